The number of benzene rings is 2. The maximum Gasteiger partial charge on any atom is 0.270 e. The van der Waals surface area contributed by atoms with Crippen molar-refractivity contribution < 1.29 is 19.1 Å². The summed E-state index contributed by atoms with van der Waals surface area (Å²) < 4.78 is 10.5. The molecule has 28 heavy (non-hydrogen) atoms. The highest BCUT2D eigenvalue weighted by Crippen LogP contribution is 2.34. The summed E-state index contributed by atoms with van der Waals surface area (Å²) in [7, 11) is 0. The van der Waals surface area contributed by atoms with Crippen LogP contribution in [0.3, 0.4) is 0 Å². The van der Waals surface area contributed by atoms with E-state index in [1.165, 1.54) is 0 Å². The number of rotatable bonds is 5. The molecule has 0 atom stereocenters. The average Bonchev–Trinajstić information content (AvgIpc) is 3.29. The van der Waals surface area contributed by atoms with Gasteiger partial charge in [0, 0.05) is 11.3 Å². The third-order valence-electron chi connectivity index (χ3n) is 4.03. The summed E-state index contributed by atoms with van der Waals surface area (Å²) in [5, 5.41) is 6.51. The summed E-state index contributed by atoms with van der Waals surface area (Å²) >= 11 is 1.12. The molecule has 0 fully saturated rings. The molecule has 1 aliphatic heterocycles. The van der Waals surface area contributed by atoms with E-state index in [1.807, 2.05) is 31.2 Å². The van der Waals surface area contributed by atoms with Gasteiger partial charge in [0.15, 0.2) is 22.3 Å². The number of carbonyl (C=O) groups is 2. The molecule has 0 radical (unpaired) electrons. The number of anilines is 3. The molecule has 0 aliphatic carbocycles. The summed E-state index contributed by atoms with van der Waals surface area (Å²) in [4.78, 5) is 28.6. The predicted molar refractivity (Wildman–Crippen MR) is 106 cm³/mol. The maximum atomic E-state index is 12.6. The van der Waals surface area contributed by atoms with Crippen LogP contribution in [-0.2, 0) is 0 Å². The van der Waals surface area contributed by atoms with Crippen LogP contribution in [0.15, 0.2) is 42.5 Å². The fraction of sp³-hybridized carbons (Fsp3) is 0.105. The first-order chi connectivity index (χ1) is 13.5. The second-order valence-electron chi connectivity index (χ2n) is 6.07. The van der Waals surface area contributed by atoms with E-state index in [9.17, 15) is 9.59 Å². The van der Waals surface area contributed by atoms with Gasteiger partial charge < -0.3 is 25.8 Å². The number of aromatic nitrogens is 1. The Labute approximate surface area is 164 Å². The minimum Gasteiger partial charge on any atom is -0.454 e. The van der Waals surface area contributed by atoms with Gasteiger partial charge in [-0.05, 0) is 37.3 Å². The van der Waals surface area contributed by atoms with E-state index in [1.54, 1.807) is 18.2 Å². The standard InChI is InChI=1S/C19H16N4O4S/c1-10-2-5-12(6-3-10)21-19-22-15(16(20)24)18(28-19)23-17(25)11-4-7-13-14(8-11)27-9-26-13/h2-8H,9H2,1H3,(H2,20,24)(H,21,22)(H,23,25). The SMILES string of the molecule is Cc1ccc(Nc2nc(C(N)=O)c(NC(=O)c3ccc4c(c3)OCO4)s2)cc1. The highest BCUT2D eigenvalue weighted by atomic mass is 32.1. The first-order valence-electron chi connectivity index (χ1n) is 8.35. The van der Waals surface area contributed by atoms with Crippen LogP contribution in [-0.4, -0.2) is 23.6 Å². The Balaban J connectivity index is 1.56. The van der Waals surface area contributed by atoms with Gasteiger partial charge in [0.05, 0.1) is 0 Å². The third kappa shape index (κ3) is 3.60. The lowest BCUT2D eigenvalue weighted by Crippen LogP contribution is -2.17. The molecule has 4 N–H and O–H groups in total. The average molecular weight is 396 g/mol. The van der Waals surface area contributed by atoms with Crippen molar-refractivity contribution >= 4 is 39.0 Å². The van der Waals surface area contributed by atoms with Gasteiger partial charge in [-0.3, -0.25) is 9.59 Å². The zero-order valence-electron chi connectivity index (χ0n) is 14.8. The van der Waals surface area contributed by atoms with Crippen LogP contribution < -0.4 is 25.8 Å². The minimum absolute atomic E-state index is 0.00583. The van der Waals surface area contributed by atoms with Crippen molar-refractivity contribution in [3.63, 3.8) is 0 Å². The summed E-state index contributed by atoms with van der Waals surface area (Å²) in [6.45, 7) is 2.11. The number of aryl methyl sites for hydroxylation is 1. The Bertz CT molecular complexity index is 1060. The largest absolute Gasteiger partial charge is 0.454 e. The molecule has 9 heteroatoms. The van der Waals surface area contributed by atoms with Crippen molar-refractivity contribution in [1.82, 2.24) is 4.98 Å². The molecule has 0 saturated heterocycles. The van der Waals surface area contributed by atoms with Crippen LogP contribution >= 0.6 is 11.3 Å². The second-order valence-corrected chi connectivity index (χ2v) is 7.07. The molecule has 1 aliphatic rings. The van der Waals surface area contributed by atoms with Crippen LogP contribution in [0.25, 0.3) is 0 Å². The quantitative estimate of drug-likeness (QED) is 0.610. The number of primary amides is 1. The van der Waals surface area contributed by atoms with E-state index in [2.05, 4.69) is 15.6 Å². The fourth-order valence-corrected chi connectivity index (χ4v) is 3.48. The third-order valence-corrected chi connectivity index (χ3v) is 4.91. The molecule has 3 aromatic rings. The van der Waals surface area contributed by atoms with E-state index in [0.29, 0.717) is 22.2 Å². The van der Waals surface area contributed by atoms with Gasteiger partial charge in [0.25, 0.3) is 11.8 Å². The molecule has 0 bridgehead atoms. The Morgan fingerprint density at radius 3 is 2.61 bits per heavy atom. The Morgan fingerprint density at radius 1 is 1.11 bits per heavy atom. The smallest absolute Gasteiger partial charge is 0.270 e. The molecule has 1 aromatic heterocycles. The first-order valence-corrected chi connectivity index (χ1v) is 9.16. The van der Waals surface area contributed by atoms with Crippen LogP contribution in [0.4, 0.5) is 15.8 Å². The molecule has 2 amide bonds. The summed E-state index contributed by atoms with van der Waals surface area (Å²) in [6.07, 6.45) is 0. The molecule has 142 valence electrons. The van der Waals surface area contributed by atoms with Crippen LogP contribution in [0.5, 0.6) is 11.5 Å². The van der Waals surface area contributed by atoms with Crippen molar-refractivity contribution in [2.45, 2.75) is 6.92 Å². The van der Waals surface area contributed by atoms with Crippen LogP contribution in [0.1, 0.15) is 26.4 Å². The van der Waals surface area contributed by atoms with Gasteiger partial charge in [0.1, 0.15) is 5.00 Å². The number of hydrogen-bond acceptors (Lipinski definition) is 7. The molecule has 0 unspecified atom stereocenters. The summed E-state index contributed by atoms with van der Waals surface area (Å²) in [5.74, 6) is -0.0638. The number of hydrogen-bond donors (Lipinski definition) is 3. The monoisotopic (exact) mass is 396 g/mol. The zero-order chi connectivity index (χ0) is 19.7. The van der Waals surface area contributed by atoms with E-state index in [4.69, 9.17) is 15.2 Å². The number of ether oxygens (including phenoxy) is 2. The van der Waals surface area contributed by atoms with Crippen molar-refractivity contribution in [3.8, 4) is 11.5 Å². The van der Waals surface area contributed by atoms with Gasteiger partial charge in [-0.25, -0.2) is 4.98 Å². The van der Waals surface area contributed by atoms with E-state index in [-0.39, 0.29) is 17.5 Å². The van der Waals surface area contributed by atoms with Gasteiger partial charge in [-0.1, -0.05) is 29.0 Å². The summed E-state index contributed by atoms with van der Waals surface area (Å²) in [6, 6.07) is 12.5. The van der Waals surface area contributed by atoms with Crippen molar-refractivity contribution in [2.75, 3.05) is 17.4 Å². The van der Waals surface area contributed by atoms with Crippen LogP contribution in [0.2, 0.25) is 0 Å². The second kappa shape index (κ2) is 7.20. The topological polar surface area (TPSA) is 116 Å². The highest BCUT2D eigenvalue weighted by molar-refractivity contribution is 7.20. The molecular formula is C19H16N4O4S. The normalized spacial score (nSPS) is 11.9. The number of nitrogens with zero attached hydrogens (tertiary/aromatic N) is 1. The fourth-order valence-electron chi connectivity index (χ4n) is 2.60. The van der Waals surface area contributed by atoms with Gasteiger partial charge in [-0.2, -0.15) is 0 Å². The van der Waals surface area contributed by atoms with Crippen LogP contribution in [0, 0.1) is 6.92 Å². The molecule has 2 heterocycles. The zero-order valence-corrected chi connectivity index (χ0v) is 15.6. The lowest BCUT2D eigenvalue weighted by atomic mass is 10.2. The summed E-state index contributed by atoms with van der Waals surface area (Å²) in [5.41, 5.74) is 7.71. The predicted octanol–water partition coefficient (Wildman–Crippen LogP) is 3.28. The maximum absolute atomic E-state index is 12.6. The highest BCUT2D eigenvalue weighted by Gasteiger charge is 2.21. The Morgan fingerprint density at radius 2 is 1.86 bits per heavy atom. The number of fused-ring (bicyclic) bond motifs is 1. The number of nitrogens with one attached hydrogen (secondary N) is 2. The Kier molecular flexibility index (Phi) is 4.58. The van der Waals surface area contributed by atoms with E-state index in [0.717, 1.165) is 22.6 Å². The van der Waals surface area contributed by atoms with Gasteiger partial charge in [-0.15, -0.1) is 0 Å². The number of thiazole rings is 1. The number of amides is 2. The van der Waals surface area contributed by atoms with E-state index < -0.39 is 11.8 Å². The van der Waals surface area contributed by atoms with Crippen molar-refractivity contribution in [1.29, 1.82) is 0 Å². The number of nitrogens with two attached hydrogens (primary N) is 1. The molecule has 4 rings (SSSR count). The lowest BCUT2D eigenvalue weighted by molar-refractivity contribution is 0.0997. The first kappa shape index (κ1) is 17.8. The molecule has 2 aromatic carbocycles. The minimum atomic E-state index is -0.728. The lowest BCUT2D eigenvalue weighted by Gasteiger charge is -2.04. The molecule has 0 spiro atoms. The molecule has 0 saturated carbocycles. The Hall–Kier alpha value is -3.59. The van der Waals surface area contributed by atoms with Crippen molar-refractivity contribution in [3.05, 3.63) is 59.3 Å². The number of carbonyl (C=O) groups excluding carboxylic acids is 2. The molecule has 8 nitrogen and oxygen atoms in total. The van der Waals surface area contributed by atoms with E-state index >= 15 is 0 Å². The van der Waals surface area contributed by atoms with Gasteiger partial charge >= 0.3 is 0 Å². The van der Waals surface area contributed by atoms with Crippen molar-refractivity contribution in [2.24, 2.45) is 5.73 Å². The molecular weight excluding hydrogens is 380 g/mol. The van der Waals surface area contributed by atoms with Gasteiger partial charge in [0.2, 0.25) is 6.79 Å².